The maximum Gasteiger partial charge on any atom is 0.203 e. The van der Waals surface area contributed by atoms with Crippen LogP contribution in [-0.2, 0) is 0 Å². The quantitative estimate of drug-likeness (QED) is 0.499. The summed E-state index contributed by atoms with van der Waals surface area (Å²) in [7, 11) is 0. The summed E-state index contributed by atoms with van der Waals surface area (Å²) in [6, 6.07) is 0. The van der Waals surface area contributed by atoms with Crippen molar-refractivity contribution in [2.45, 2.75) is 44.4 Å². The number of halogens is 5. The third-order valence-electron chi connectivity index (χ3n) is 2.41. The first kappa shape index (κ1) is 16.5. The monoisotopic (exact) mass is 292 g/mol. The first-order valence-electron chi connectivity index (χ1n) is 5.37. The molecule has 0 rings (SSSR count). The molecule has 2 atom stereocenters. The van der Waals surface area contributed by atoms with Gasteiger partial charge in [0.25, 0.3) is 0 Å². The summed E-state index contributed by atoms with van der Waals surface area (Å²) in [5.74, 6) is 0.431. The van der Waals surface area contributed by atoms with E-state index in [0.717, 1.165) is 19.3 Å². The van der Waals surface area contributed by atoms with Crippen LogP contribution in [0.15, 0.2) is 10.3 Å². The molecule has 16 heavy (non-hydrogen) atoms. The van der Waals surface area contributed by atoms with Crippen molar-refractivity contribution in [2.24, 2.45) is 5.92 Å². The molecular weight excluding hydrogens is 276 g/mol. The number of rotatable bonds is 8. The number of alkyl halides is 2. The second-order valence-electron chi connectivity index (χ2n) is 3.98. The lowest BCUT2D eigenvalue weighted by Crippen LogP contribution is -2.03. The SMILES string of the molecule is CC(CCCF)CCC(Cl)CC(Cl)=C(F)Cl. The van der Waals surface area contributed by atoms with E-state index in [0.29, 0.717) is 12.3 Å². The Bertz CT molecular complexity index is 215. The Morgan fingerprint density at radius 3 is 2.31 bits per heavy atom. The molecule has 0 heterocycles. The standard InChI is InChI=1S/C11H17Cl3F2/c1-8(3-2-6-15)4-5-9(12)7-10(13)11(14)16/h8-9H,2-7H2,1H3. The molecule has 0 aliphatic heterocycles. The van der Waals surface area contributed by atoms with Crippen LogP contribution in [0, 0.1) is 5.92 Å². The van der Waals surface area contributed by atoms with Crippen LogP contribution in [0.5, 0.6) is 0 Å². The number of allylic oxidation sites excluding steroid dienone is 1. The predicted octanol–water partition coefficient (Wildman–Crippen LogP) is 5.77. The summed E-state index contributed by atoms with van der Waals surface area (Å²) in [6.45, 7) is 1.78. The highest BCUT2D eigenvalue weighted by Gasteiger charge is 2.12. The molecule has 2 unspecified atom stereocenters. The number of hydrogen-bond acceptors (Lipinski definition) is 0. The Kier molecular flexibility index (Phi) is 9.77. The van der Waals surface area contributed by atoms with E-state index in [9.17, 15) is 8.78 Å². The van der Waals surface area contributed by atoms with Gasteiger partial charge in [-0.25, -0.2) is 0 Å². The van der Waals surface area contributed by atoms with Gasteiger partial charge in [0.1, 0.15) is 0 Å². The normalized spacial score (nSPS) is 16.9. The van der Waals surface area contributed by atoms with Crippen LogP contribution in [0.2, 0.25) is 0 Å². The van der Waals surface area contributed by atoms with Crippen LogP contribution in [-0.4, -0.2) is 12.1 Å². The molecule has 0 fully saturated rings. The second kappa shape index (κ2) is 9.49. The average molecular weight is 294 g/mol. The minimum Gasteiger partial charge on any atom is -0.251 e. The highest BCUT2D eigenvalue weighted by atomic mass is 35.5. The van der Waals surface area contributed by atoms with Crippen molar-refractivity contribution in [1.29, 1.82) is 0 Å². The molecule has 0 aliphatic rings. The molecule has 0 saturated heterocycles. The molecule has 96 valence electrons. The zero-order valence-electron chi connectivity index (χ0n) is 9.29. The van der Waals surface area contributed by atoms with Gasteiger partial charge in [0.2, 0.25) is 5.29 Å². The van der Waals surface area contributed by atoms with Crippen molar-refractivity contribution in [1.82, 2.24) is 0 Å². The molecule has 0 amide bonds. The summed E-state index contributed by atoms with van der Waals surface area (Å²) in [4.78, 5) is 0. The van der Waals surface area contributed by atoms with Gasteiger partial charge in [0, 0.05) is 11.8 Å². The fourth-order valence-electron chi connectivity index (χ4n) is 1.41. The van der Waals surface area contributed by atoms with Gasteiger partial charge in [-0.2, -0.15) is 4.39 Å². The molecule has 0 radical (unpaired) electrons. The largest absolute Gasteiger partial charge is 0.251 e. The van der Waals surface area contributed by atoms with Crippen LogP contribution in [0.4, 0.5) is 8.78 Å². The first-order valence-corrected chi connectivity index (χ1v) is 6.56. The summed E-state index contributed by atoms with van der Waals surface area (Å²) in [5.41, 5.74) is 0. The molecule has 0 aromatic heterocycles. The topological polar surface area (TPSA) is 0 Å². The van der Waals surface area contributed by atoms with E-state index in [1.807, 2.05) is 0 Å². The van der Waals surface area contributed by atoms with Crippen molar-refractivity contribution in [3.05, 3.63) is 10.3 Å². The lowest BCUT2D eigenvalue weighted by molar-refractivity contribution is 0.397. The van der Waals surface area contributed by atoms with Gasteiger partial charge in [0.05, 0.1) is 11.7 Å². The van der Waals surface area contributed by atoms with Crippen molar-refractivity contribution in [2.75, 3.05) is 6.67 Å². The zero-order chi connectivity index (χ0) is 12.6. The van der Waals surface area contributed by atoms with Crippen LogP contribution < -0.4 is 0 Å². The molecular formula is C11H17Cl3F2. The first-order chi connectivity index (χ1) is 7.47. The summed E-state index contributed by atoms with van der Waals surface area (Å²) in [6.07, 6.45) is 3.31. The molecule has 0 bridgehead atoms. The molecule has 0 spiro atoms. The van der Waals surface area contributed by atoms with Crippen LogP contribution in [0.3, 0.4) is 0 Å². The summed E-state index contributed by atoms with van der Waals surface area (Å²) < 4.78 is 24.3. The molecule has 0 aliphatic carbocycles. The molecule has 0 saturated carbocycles. The van der Waals surface area contributed by atoms with E-state index in [-0.39, 0.29) is 23.5 Å². The fraction of sp³-hybridized carbons (Fsp3) is 0.818. The fourth-order valence-corrected chi connectivity index (χ4v) is 2.03. The van der Waals surface area contributed by atoms with Crippen molar-refractivity contribution in [3.63, 3.8) is 0 Å². The Morgan fingerprint density at radius 2 is 1.81 bits per heavy atom. The van der Waals surface area contributed by atoms with Gasteiger partial charge in [-0.05, 0) is 43.2 Å². The van der Waals surface area contributed by atoms with E-state index in [2.05, 4.69) is 6.92 Å². The highest BCUT2D eigenvalue weighted by Crippen LogP contribution is 2.26. The van der Waals surface area contributed by atoms with Gasteiger partial charge in [-0.15, -0.1) is 11.6 Å². The minimum absolute atomic E-state index is 0.0296. The molecule has 0 aromatic rings. The van der Waals surface area contributed by atoms with Crippen molar-refractivity contribution < 1.29 is 8.78 Å². The van der Waals surface area contributed by atoms with Crippen LogP contribution >= 0.6 is 34.8 Å². The van der Waals surface area contributed by atoms with Gasteiger partial charge in [0.15, 0.2) is 0 Å². The second-order valence-corrected chi connectivity index (χ2v) is 5.39. The van der Waals surface area contributed by atoms with Gasteiger partial charge < -0.3 is 0 Å². The smallest absolute Gasteiger partial charge is 0.203 e. The Labute approximate surface area is 111 Å². The average Bonchev–Trinajstić information content (AvgIpc) is 2.23. The minimum atomic E-state index is -0.891. The van der Waals surface area contributed by atoms with E-state index < -0.39 is 5.29 Å². The van der Waals surface area contributed by atoms with E-state index in [4.69, 9.17) is 34.8 Å². The van der Waals surface area contributed by atoms with Crippen molar-refractivity contribution >= 4 is 34.8 Å². The zero-order valence-corrected chi connectivity index (χ0v) is 11.6. The highest BCUT2D eigenvalue weighted by molar-refractivity contribution is 6.38. The van der Waals surface area contributed by atoms with E-state index in [1.165, 1.54) is 0 Å². The molecule has 0 nitrogen and oxygen atoms in total. The van der Waals surface area contributed by atoms with Crippen LogP contribution in [0.1, 0.15) is 39.0 Å². The maximum absolute atomic E-state index is 12.4. The maximum atomic E-state index is 12.4. The Balaban J connectivity index is 3.72. The van der Waals surface area contributed by atoms with E-state index in [1.54, 1.807) is 0 Å². The van der Waals surface area contributed by atoms with E-state index >= 15 is 0 Å². The Morgan fingerprint density at radius 1 is 1.19 bits per heavy atom. The summed E-state index contributed by atoms with van der Waals surface area (Å²) >= 11 is 16.6. The summed E-state index contributed by atoms with van der Waals surface area (Å²) in [5, 5.41) is -1.14. The molecule has 5 heteroatoms. The molecule has 0 N–H and O–H groups in total. The third-order valence-corrected chi connectivity index (χ3v) is 3.43. The lowest BCUT2D eigenvalue weighted by Gasteiger charge is -2.13. The molecule has 0 aromatic carbocycles. The van der Waals surface area contributed by atoms with Crippen LogP contribution in [0.25, 0.3) is 0 Å². The van der Waals surface area contributed by atoms with Gasteiger partial charge in [-0.1, -0.05) is 18.5 Å². The number of hydrogen-bond donors (Lipinski definition) is 0. The Hall–Kier alpha value is 0.470. The predicted molar refractivity (Wildman–Crippen MR) is 67.7 cm³/mol. The van der Waals surface area contributed by atoms with Crippen molar-refractivity contribution in [3.8, 4) is 0 Å². The van der Waals surface area contributed by atoms with Gasteiger partial charge >= 0.3 is 0 Å². The van der Waals surface area contributed by atoms with Gasteiger partial charge in [-0.3, -0.25) is 4.39 Å². The lowest BCUT2D eigenvalue weighted by atomic mass is 9.98. The third kappa shape index (κ3) is 8.60.